The molecule has 0 spiro atoms. The number of carbonyl (C=O) groups is 1. The first kappa shape index (κ1) is 13.0. The quantitative estimate of drug-likeness (QED) is 0.865. The number of alkyl halides is 1. The third-order valence-electron chi connectivity index (χ3n) is 2.21. The molecular formula is C11H13BrFNO2. The van der Waals surface area contributed by atoms with Crippen molar-refractivity contribution in [2.24, 2.45) is 0 Å². The van der Waals surface area contributed by atoms with Crippen LogP contribution in [0.4, 0.5) is 4.39 Å². The van der Waals surface area contributed by atoms with Gasteiger partial charge in [0.05, 0.1) is 5.56 Å². The summed E-state index contributed by atoms with van der Waals surface area (Å²) in [6.07, 6.45) is 0. The van der Waals surface area contributed by atoms with Crippen molar-refractivity contribution in [3.63, 3.8) is 0 Å². The zero-order valence-corrected chi connectivity index (χ0v) is 10.5. The Labute approximate surface area is 102 Å². The van der Waals surface area contributed by atoms with Crippen LogP contribution in [0.25, 0.3) is 0 Å². The predicted octanol–water partition coefficient (Wildman–Crippen LogP) is 2.39. The number of rotatable bonds is 4. The van der Waals surface area contributed by atoms with Crippen LogP contribution in [0.1, 0.15) is 17.3 Å². The number of halogens is 2. The second-order valence-electron chi connectivity index (χ2n) is 3.24. The maximum absolute atomic E-state index is 13.0. The van der Waals surface area contributed by atoms with Crippen molar-refractivity contribution < 1.29 is 14.3 Å². The van der Waals surface area contributed by atoms with Gasteiger partial charge in [0.1, 0.15) is 11.6 Å². The molecule has 1 aromatic rings. The first-order valence-corrected chi connectivity index (χ1v) is 6.06. The van der Waals surface area contributed by atoms with Crippen molar-refractivity contribution in [3.05, 3.63) is 29.6 Å². The molecule has 0 radical (unpaired) electrons. The lowest BCUT2D eigenvalue weighted by atomic mass is 10.1. The predicted molar refractivity (Wildman–Crippen MR) is 63.4 cm³/mol. The van der Waals surface area contributed by atoms with Gasteiger partial charge in [0, 0.05) is 18.4 Å². The van der Waals surface area contributed by atoms with Gasteiger partial charge in [-0.15, -0.1) is 0 Å². The van der Waals surface area contributed by atoms with Crippen molar-refractivity contribution in [3.8, 4) is 5.75 Å². The topological polar surface area (TPSA) is 40.5 Å². The molecule has 1 rings (SSSR count). The highest BCUT2D eigenvalue weighted by Gasteiger charge is 2.17. The molecule has 0 saturated heterocycles. The van der Waals surface area contributed by atoms with Gasteiger partial charge < -0.3 is 10.0 Å². The molecule has 0 saturated carbocycles. The fourth-order valence-corrected chi connectivity index (χ4v) is 1.78. The molecule has 3 nitrogen and oxygen atoms in total. The standard InChI is InChI=1S/C11H13BrFNO2/c1-2-14(6-5-12)11(16)9-7-8(13)3-4-10(9)15/h3-4,7,15H,2,5-6H2,1H3. The monoisotopic (exact) mass is 289 g/mol. The minimum Gasteiger partial charge on any atom is -0.507 e. The van der Waals surface area contributed by atoms with E-state index in [0.29, 0.717) is 18.4 Å². The fourth-order valence-electron chi connectivity index (χ4n) is 1.36. The SMILES string of the molecule is CCN(CCBr)C(=O)c1cc(F)ccc1O. The van der Waals surface area contributed by atoms with Crippen LogP contribution in [0.15, 0.2) is 18.2 Å². The van der Waals surface area contributed by atoms with Gasteiger partial charge in [-0.2, -0.15) is 0 Å². The van der Waals surface area contributed by atoms with E-state index in [9.17, 15) is 14.3 Å². The number of benzene rings is 1. The smallest absolute Gasteiger partial charge is 0.257 e. The summed E-state index contributed by atoms with van der Waals surface area (Å²) in [6, 6.07) is 3.35. The van der Waals surface area contributed by atoms with E-state index in [4.69, 9.17) is 0 Å². The summed E-state index contributed by atoms with van der Waals surface area (Å²) in [7, 11) is 0. The minimum absolute atomic E-state index is 0.00259. The summed E-state index contributed by atoms with van der Waals surface area (Å²) < 4.78 is 13.0. The highest BCUT2D eigenvalue weighted by atomic mass is 79.9. The van der Waals surface area contributed by atoms with Crippen LogP contribution >= 0.6 is 15.9 Å². The largest absolute Gasteiger partial charge is 0.507 e. The van der Waals surface area contributed by atoms with Crippen LogP contribution < -0.4 is 0 Å². The maximum atomic E-state index is 13.0. The highest BCUT2D eigenvalue weighted by molar-refractivity contribution is 9.09. The normalized spacial score (nSPS) is 10.2. The molecule has 0 aromatic heterocycles. The van der Waals surface area contributed by atoms with Gasteiger partial charge in [-0.1, -0.05) is 15.9 Å². The van der Waals surface area contributed by atoms with Gasteiger partial charge in [0.2, 0.25) is 0 Å². The van der Waals surface area contributed by atoms with Gasteiger partial charge in [-0.3, -0.25) is 4.79 Å². The fraction of sp³-hybridized carbons (Fsp3) is 0.364. The van der Waals surface area contributed by atoms with Crippen molar-refractivity contribution >= 4 is 21.8 Å². The average molecular weight is 290 g/mol. The molecule has 1 amide bonds. The Bertz CT molecular complexity index is 384. The van der Waals surface area contributed by atoms with Gasteiger partial charge in [0.25, 0.3) is 5.91 Å². The summed E-state index contributed by atoms with van der Waals surface area (Å²) in [6.45, 7) is 2.86. The summed E-state index contributed by atoms with van der Waals surface area (Å²) in [5.41, 5.74) is 0.00259. The van der Waals surface area contributed by atoms with Gasteiger partial charge in [0.15, 0.2) is 0 Å². The molecule has 0 aliphatic carbocycles. The number of carbonyl (C=O) groups excluding carboxylic acids is 1. The van der Waals surface area contributed by atoms with E-state index in [2.05, 4.69) is 15.9 Å². The van der Waals surface area contributed by atoms with Crippen LogP contribution in [-0.2, 0) is 0 Å². The van der Waals surface area contributed by atoms with Crippen molar-refractivity contribution in [1.82, 2.24) is 4.90 Å². The van der Waals surface area contributed by atoms with E-state index in [0.717, 1.165) is 12.1 Å². The lowest BCUT2D eigenvalue weighted by Gasteiger charge is -2.20. The Morgan fingerprint density at radius 3 is 2.81 bits per heavy atom. The van der Waals surface area contributed by atoms with Crippen molar-refractivity contribution in [2.75, 3.05) is 18.4 Å². The number of aromatic hydroxyl groups is 1. The molecule has 16 heavy (non-hydrogen) atoms. The molecule has 5 heteroatoms. The zero-order valence-electron chi connectivity index (χ0n) is 8.91. The number of nitrogens with zero attached hydrogens (tertiary/aromatic N) is 1. The Balaban J connectivity index is 2.98. The Morgan fingerprint density at radius 1 is 1.56 bits per heavy atom. The number of hydrogen-bond acceptors (Lipinski definition) is 2. The molecule has 0 heterocycles. The number of phenols is 1. The summed E-state index contributed by atoms with van der Waals surface area (Å²) >= 11 is 3.23. The third kappa shape index (κ3) is 2.95. The molecule has 88 valence electrons. The number of amides is 1. The van der Waals surface area contributed by atoms with E-state index in [1.165, 1.54) is 11.0 Å². The molecule has 1 aromatic carbocycles. The molecule has 0 aliphatic rings. The molecule has 0 atom stereocenters. The first-order chi connectivity index (χ1) is 7.60. The van der Waals surface area contributed by atoms with Crippen LogP contribution in [0.2, 0.25) is 0 Å². The van der Waals surface area contributed by atoms with Crippen LogP contribution in [0.5, 0.6) is 5.75 Å². The Morgan fingerprint density at radius 2 is 2.25 bits per heavy atom. The van der Waals surface area contributed by atoms with Crippen molar-refractivity contribution in [1.29, 1.82) is 0 Å². The summed E-state index contributed by atoms with van der Waals surface area (Å²) in [5.74, 6) is -1.09. The summed E-state index contributed by atoms with van der Waals surface area (Å²) in [5, 5.41) is 10.1. The van der Waals surface area contributed by atoms with Gasteiger partial charge >= 0.3 is 0 Å². The molecule has 0 fully saturated rings. The second kappa shape index (κ2) is 5.84. The number of phenolic OH excluding ortho intramolecular Hbond substituents is 1. The third-order valence-corrected chi connectivity index (χ3v) is 2.57. The molecular weight excluding hydrogens is 277 g/mol. The second-order valence-corrected chi connectivity index (χ2v) is 4.03. The molecule has 0 unspecified atom stereocenters. The van der Waals surface area contributed by atoms with E-state index in [1.807, 2.05) is 6.92 Å². The van der Waals surface area contributed by atoms with Gasteiger partial charge in [-0.25, -0.2) is 4.39 Å². The van der Waals surface area contributed by atoms with E-state index in [-0.39, 0.29) is 17.2 Å². The maximum Gasteiger partial charge on any atom is 0.257 e. The lowest BCUT2D eigenvalue weighted by molar-refractivity contribution is 0.0771. The Kier molecular flexibility index (Phi) is 4.73. The van der Waals surface area contributed by atoms with Crippen LogP contribution in [0, 0.1) is 5.82 Å². The molecule has 0 bridgehead atoms. The Hall–Kier alpha value is -1.10. The van der Waals surface area contributed by atoms with E-state index in [1.54, 1.807) is 0 Å². The van der Waals surface area contributed by atoms with Crippen molar-refractivity contribution in [2.45, 2.75) is 6.92 Å². The number of hydrogen-bond donors (Lipinski definition) is 1. The zero-order chi connectivity index (χ0) is 12.1. The lowest BCUT2D eigenvalue weighted by Crippen LogP contribution is -2.32. The summed E-state index contributed by atoms with van der Waals surface area (Å²) in [4.78, 5) is 13.4. The molecule has 0 aliphatic heterocycles. The average Bonchev–Trinajstić information content (AvgIpc) is 2.28. The van der Waals surface area contributed by atoms with Crippen LogP contribution in [0.3, 0.4) is 0 Å². The van der Waals surface area contributed by atoms with E-state index >= 15 is 0 Å². The van der Waals surface area contributed by atoms with Gasteiger partial charge in [-0.05, 0) is 25.1 Å². The minimum atomic E-state index is -0.531. The highest BCUT2D eigenvalue weighted by Crippen LogP contribution is 2.19. The van der Waals surface area contributed by atoms with Crippen LogP contribution in [-0.4, -0.2) is 34.3 Å². The first-order valence-electron chi connectivity index (χ1n) is 4.94. The van der Waals surface area contributed by atoms with E-state index < -0.39 is 5.82 Å². The molecule has 1 N–H and O–H groups in total.